The molecule has 1 unspecified atom stereocenters. The van der Waals surface area contributed by atoms with Gasteiger partial charge in [-0.2, -0.15) is 4.89 Å². The quantitative estimate of drug-likeness (QED) is 0.445. The molecule has 0 aromatic rings. The van der Waals surface area contributed by atoms with Crippen molar-refractivity contribution in [2.45, 2.75) is 27.2 Å². The Kier molecular flexibility index (Phi) is 4.94. The first-order valence-electron chi connectivity index (χ1n) is 3.46. The van der Waals surface area contributed by atoms with Crippen LogP contribution in [-0.2, 0) is 14.6 Å². The summed E-state index contributed by atoms with van der Waals surface area (Å²) in [4.78, 5) is 19.0. The zero-order valence-electron chi connectivity index (χ0n) is 6.72. The maximum Gasteiger partial charge on any atom is 0.339 e. The van der Waals surface area contributed by atoms with Gasteiger partial charge >= 0.3 is 5.97 Å². The smallest absolute Gasteiger partial charge is 0.299 e. The molecule has 0 aromatic carbocycles. The number of carbonyl (C=O) groups excluding carboxylic acids is 1. The predicted molar refractivity (Wildman–Crippen MR) is 37.2 cm³/mol. The summed E-state index contributed by atoms with van der Waals surface area (Å²) in [5, 5.41) is 0. The average molecular weight is 146 g/mol. The number of hydrogen-bond acceptors (Lipinski definition) is 3. The minimum Gasteiger partial charge on any atom is -0.299 e. The Balaban J connectivity index is 3.11. The van der Waals surface area contributed by atoms with Crippen LogP contribution in [-0.4, -0.2) is 12.6 Å². The van der Waals surface area contributed by atoms with Gasteiger partial charge in [-0.05, 0) is 5.92 Å². The Labute approximate surface area is 61.2 Å². The van der Waals surface area contributed by atoms with Crippen molar-refractivity contribution < 1.29 is 14.6 Å². The molecule has 0 saturated carbocycles. The minimum absolute atomic E-state index is 0.400. The predicted octanol–water partition coefficient (Wildman–Crippen LogP) is 1.53. The van der Waals surface area contributed by atoms with E-state index >= 15 is 0 Å². The van der Waals surface area contributed by atoms with Crippen LogP contribution < -0.4 is 0 Å². The molecule has 0 aliphatic rings. The van der Waals surface area contributed by atoms with Crippen LogP contribution in [0.1, 0.15) is 27.2 Å². The molecular weight excluding hydrogens is 132 g/mol. The highest BCUT2D eigenvalue weighted by Gasteiger charge is 1.99. The van der Waals surface area contributed by atoms with Crippen LogP contribution in [0.5, 0.6) is 0 Å². The van der Waals surface area contributed by atoms with E-state index in [0.29, 0.717) is 12.5 Å². The van der Waals surface area contributed by atoms with Gasteiger partial charge in [0, 0.05) is 6.92 Å². The molecule has 0 heterocycles. The van der Waals surface area contributed by atoms with Crippen molar-refractivity contribution in [3.05, 3.63) is 0 Å². The van der Waals surface area contributed by atoms with Crippen molar-refractivity contribution >= 4 is 5.97 Å². The molecule has 0 rings (SSSR count). The lowest BCUT2D eigenvalue weighted by atomic mass is 10.1. The second-order valence-electron chi connectivity index (χ2n) is 2.37. The summed E-state index contributed by atoms with van der Waals surface area (Å²) in [6, 6.07) is 0. The van der Waals surface area contributed by atoms with E-state index in [1.807, 2.05) is 6.92 Å². The highest BCUT2D eigenvalue weighted by Crippen LogP contribution is 2.00. The molecule has 10 heavy (non-hydrogen) atoms. The van der Waals surface area contributed by atoms with E-state index in [2.05, 4.69) is 16.7 Å². The summed E-state index contributed by atoms with van der Waals surface area (Å²) in [6.45, 7) is 5.89. The van der Waals surface area contributed by atoms with E-state index in [9.17, 15) is 4.79 Å². The van der Waals surface area contributed by atoms with Crippen molar-refractivity contribution in [2.75, 3.05) is 6.61 Å². The van der Waals surface area contributed by atoms with Gasteiger partial charge in [0.05, 0.1) is 6.61 Å². The summed E-state index contributed by atoms with van der Waals surface area (Å²) < 4.78 is 0. The molecule has 3 nitrogen and oxygen atoms in total. The first-order valence-corrected chi connectivity index (χ1v) is 3.46. The monoisotopic (exact) mass is 146 g/mol. The lowest BCUT2D eigenvalue weighted by molar-refractivity contribution is -0.275. The van der Waals surface area contributed by atoms with Gasteiger partial charge in [0.2, 0.25) is 0 Å². The largest absolute Gasteiger partial charge is 0.339 e. The third-order valence-corrected chi connectivity index (χ3v) is 1.23. The molecule has 0 N–H and O–H groups in total. The molecule has 0 amide bonds. The van der Waals surface area contributed by atoms with E-state index in [1.165, 1.54) is 6.92 Å². The van der Waals surface area contributed by atoms with Gasteiger partial charge in [-0.1, -0.05) is 20.3 Å². The lowest BCUT2D eigenvalue weighted by Crippen LogP contribution is -2.07. The summed E-state index contributed by atoms with van der Waals surface area (Å²) in [5.41, 5.74) is 0. The Bertz CT molecular complexity index is 101. The molecule has 0 spiro atoms. The number of rotatable bonds is 4. The molecule has 0 bridgehead atoms. The third-order valence-electron chi connectivity index (χ3n) is 1.23. The Hall–Kier alpha value is -0.570. The van der Waals surface area contributed by atoms with E-state index in [4.69, 9.17) is 0 Å². The molecule has 0 radical (unpaired) electrons. The summed E-state index contributed by atoms with van der Waals surface area (Å²) in [5.74, 6) is 0.0441. The molecule has 1 atom stereocenters. The normalized spacial score (nSPS) is 12.7. The van der Waals surface area contributed by atoms with Gasteiger partial charge < -0.3 is 0 Å². The van der Waals surface area contributed by atoms with Crippen LogP contribution in [0, 0.1) is 5.92 Å². The maximum atomic E-state index is 10.2. The fraction of sp³-hybridized carbons (Fsp3) is 0.857. The van der Waals surface area contributed by atoms with E-state index in [0.717, 1.165) is 6.42 Å². The fourth-order valence-corrected chi connectivity index (χ4v) is 0.351. The second-order valence-corrected chi connectivity index (χ2v) is 2.37. The van der Waals surface area contributed by atoms with Gasteiger partial charge in [0.1, 0.15) is 0 Å². The van der Waals surface area contributed by atoms with Crippen molar-refractivity contribution in [1.29, 1.82) is 0 Å². The van der Waals surface area contributed by atoms with Crippen LogP contribution in [0.3, 0.4) is 0 Å². The highest BCUT2D eigenvalue weighted by atomic mass is 17.2. The molecule has 3 heteroatoms. The summed E-state index contributed by atoms with van der Waals surface area (Å²) in [6.07, 6.45) is 1.03. The Morgan fingerprint density at radius 1 is 1.60 bits per heavy atom. The molecule has 60 valence electrons. The Morgan fingerprint density at radius 2 is 2.20 bits per heavy atom. The van der Waals surface area contributed by atoms with E-state index < -0.39 is 5.97 Å². The fourth-order valence-electron chi connectivity index (χ4n) is 0.351. The van der Waals surface area contributed by atoms with Crippen molar-refractivity contribution in [3.63, 3.8) is 0 Å². The van der Waals surface area contributed by atoms with Crippen LogP contribution in [0.2, 0.25) is 0 Å². The topological polar surface area (TPSA) is 35.5 Å². The molecule has 0 saturated heterocycles. The van der Waals surface area contributed by atoms with Crippen LogP contribution in [0.4, 0.5) is 0 Å². The maximum absolute atomic E-state index is 10.2. The highest BCUT2D eigenvalue weighted by molar-refractivity contribution is 5.65. The zero-order chi connectivity index (χ0) is 7.98. The van der Waals surface area contributed by atoms with Gasteiger partial charge in [-0.3, -0.25) is 4.89 Å². The van der Waals surface area contributed by atoms with Crippen molar-refractivity contribution in [1.82, 2.24) is 0 Å². The summed E-state index contributed by atoms with van der Waals surface area (Å²) in [7, 11) is 0. The van der Waals surface area contributed by atoms with E-state index in [-0.39, 0.29) is 0 Å². The molecule has 0 fully saturated rings. The van der Waals surface area contributed by atoms with Gasteiger partial charge in [-0.15, -0.1) is 0 Å². The minimum atomic E-state index is -0.400. The molecule has 0 aliphatic carbocycles. The summed E-state index contributed by atoms with van der Waals surface area (Å²) >= 11 is 0. The first kappa shape index (κ1) is 9.43. The SMILES string of the molecule is CCC(C)COOC(C)=O. The third kappa shape index (κ3) is 5.56. The van der Waals surface area contributed by atoms with Crippen molar-refractivity contribution in [3.8, 4) is 0 Å². The Morgan fingerprint density at radius 3 is 2.60 bits per heavy atom. The first-order chi connectivity index (χ1) is 4.66. The van der Waals surface area contributed by atoms with Gasteiger partial charge in [-0.25, -0.2) is 4.79 Å². The average Bonchev–Trinajstić information content (AvgIpc) is 1.87. The van der Waals surface area contributed by atoms with Crippen LogP contribution in [0.15, 0.2) is 0 Å². The molecular formula is C7H14O3. The van der Waals surface area contributed by atoms with Crippen LogP contribution >= 0.6 is 0 Å². The number of hydrogen-bond donors (Lipinski definition) is 0. The van der Waals surface area contributed by atoms with E-state index in [1.54, 1.807) is 0 Å². The second kappa shape index (κ2) is 5.23. The van der Waals surface area contributed by atoms with Gasteiger partial charge in [0.15, 0.2) is 0 Å². The zero-order valence-corrected chi connectivity index (χ0v) is 6.72. The lowest BCUT2D eigenvalue weighted by Gasteiger charge is -2.05. The molecule has 0 aliphatic heterocycles. The number of carbonyl (C=O) groups is 1. The van der Waals surface area contributed by atoms with Gasteiger partial charge in [0.25, 0.3) is 0 Å². The van der Waals surface area contributed by atoms with Crippen molar-refractivity contribution in [2.24, 2.45) is 5.92 Å². The van der Waals surface area contributed by atoms with Crippen LogP contribution in [0.25, 0.3) is 0 Å². The molecule has 0 aromatic heterocycles. The standard InChI is InChI=1S/C7H14O3/c1-4-6(2)5-9-10-7(3)8/h6H,4-5H2,1-3H3.